The van der Waals surface area contributed by atoms with Crippen LogP contribution in [0.25, 0.3) is 0 Å². The first kappa shape index (κ1) is 19.8. The molecule has 0 fully saturated rings. The number of hydrogen-bond donors (Lipinski definition) is 1. The molecule has 2 aromatic carbocycles. The van der Waals surface area contributed by atoms with Crippen LogP contribution >= 0.6 is 0 Å². The summed E-state index contributed by atoms with van der Waals surface area (Å²) in [6.07, 6.45) is 0. The van der Waals surface area contributed by atoms with Crippen LogP contribution in [-0.2, 0) is 0 Å². The second kappa shape index (κ2) is 9.22. The molecule has 0 bridgehead atoms. The van der Waals surface area contributed by atoms with Gasteiger partial charge in [0.2, 0.25) is 0 Å². The van der Waals surface area contributed by atoms with Crippen molar-refractivity contribution in [2.24, 2.45) is 5.92 Å². The molecule has 0 spiro atoms. The van der Waals surface area contributed by atoms with Gasteiger partial charge in [0.05, 0.1) is 6.61 Å². The topological polar surface area (TPSA) is 45.5 Å². The number of nitrogens with zero attached hydrogens (tertiary/aromatic N) is 1. The van der Waals surface area contributed by atoms with Gasteiger partial charge in [0, 0.05) is 18.3 Å². The highest BCUT2D eigenvalue weighted by Crippen LogP contribution is 2.27. The third kappa shape index (κ3) is 5.48. The van der Waals surface area contributed by atoms with E-state index >= 15 is 0 Å². The molecule has 0 amide bonds. The molecule has 2 aromatic rings. The maximum absolute atomic E-state index is 13.0. The number of rotatable bonds is 8. The molecule has 0 aromatic heterocycles. The van der Waals surface area contributed by atoms with Crippen molar-refractivity contribution in [1.82, 2.24) is 0 Å². The van der Waals surface area contributed by atoms with E-state index in [2.05, 4.69) is 13.8 Å². The predicted octanol–water partition coefficient (Wildman–Crippen LogP) is 5.05. The Labute approximate surface area is 155 Å². The SMILES string of the molecule is CCOc1ccc(C)c(N(CC(C)C)C(=N)COc2ccc(F)cc2)c1. The third-order valence-electron chi connectivity index (χ3n) is 3.85. The lowest BCUT2D eigenvalue weighted by molar-refractivity contribution is 0.340. The number of benzene rings is 2. The molecule has 0 heterocycles. The van der Waals surface area contributed by atoms with Gasteiger partial charge in [-0.3, -0.25) is 5.41 Å². The van der Waals surface area contributed by atoms with E-state index in [9.17, 15) is 4.39 Å². The maximum atomic E-state index is 13.0. The number of halogens is 1. The lowest BCUT2D eigenvalue weighted by atomic mass is 10.1. The van der Waals surface area contributed by atoms with Crippen LogP contribution in [0, 0.1) is 24.1 Å². The standard InChI is InChI=1S/C21H27FN2O2/c1-5-25-19-9-6-16(4)20(12-19)24(13-15(2)3)21(23)14-26-18-10-7-17(22)8-11-18/h6-12,15,23H,5,13-14H2,1-4H3. The fraction of sp³-hybridized carbons (Fsp3) is 0.381. The quantitative estimate of drug-likeness (QED) is 0.530. The first-order valence-corrected chi connectivity index (χ1v) is 8.87. The number of anilines is 1. The summed E-state index contributed by atoms with van der Waals surface area (Å²) in [5, 5.41) is 8.52. The van der Waals surface area contributed by atoms with Crippen LogP contribution < -0.4 is 14.4 Å². The van der Waals surface area contributed by atoms with Crippen molar-refractivity contribution in [3.05, 3.63) is 53.8 Å². The van der Waals surface area contributed by atoms with Crippen LogP contribution in [0.15, 0.2) is 42.5 Å². The Morgan fingerprint density at radius 1 is 1.08 bits per heavy atom. The van der Waals surface area contributed by atoms with Gasteiger partial charge >= 0.3 is 0 Å². The van der Waals surface area contributed by atoms with Gasteiger partial charge in [-0.15, -0.1) is 0 Å². The molecule has 0 aliphatic rings. The number of nitrogens with one attached hydrogen (secondary N) is 1. The van der Waals surface area contributed by atoms with Gasteiger partial charge in [0.1, 0.15) is 29.8 Å². The van der Waals surface area contributed by atoms with Gasteiger partial charge in [0.15, 0.2) is 0 Å². The monoisotopic (exact) mass is 358 g/mol. The van der Waals surface area contributed by atoms with Crippen LogP contribution in [0.2, 0.25) is 0 Å². The predicted molar refractivity (Wildman–Crippen MR) is 104 cm³/mol. The summed E-state index contributed by atoms with van der Waals surface area (Å²) >= 11 is 0. The molecule has 140 valence electrons. The van der Waals surface area contributed by atoms with E-state index in [0.29, 0.717) is 30.7 Å². The Bertz CT molecular complexity index is 729. The first-order chi connectivity index (χ1) is 12.4. The molecule has 0 unspecified atom stereocenters. The van der Waals surface area contributed by atoms with Crippen LogP contribution in [-0.4, -0.2) is 25.6 Å². The molecule has 26 heavy (non-hydrogen) atoms. The molecular formula is C21H27FN2O2. The molecule has 0 saturated heterocycles. The van der Waals surface area contributed by atoms with E-state index in [4.69, 9.17) is 14.9 Å². The number of ether oxygens (including phenoxy) is 2. The van der Waals surface area contributed by atoms with Crippen molar-refractivity contribution >= 4 is 11.5 Å². The van der Waals surface area contributed by atoms with E-state index < -0.39 is 0 Å². The molecule has 0 atom stereocenters. The highest BCUT2D eigenvalue weighted by molar-refractivity contribution is 5.97. The van der Waals surface area contributed by atoms with Crippen LogP contribution in [0.5, 0.6) is 11.5 Å². The van der Waals surface area contributed by atoms with Gasteiger partial charge in [0.25, 0.3) is 0 Å². The van der Waals surface area contributed by atoms with E-state index in [1.54, 1.807) is 12.1 Å². The second-order valence-electron chi connectivity index (χ2n) is 6.58. The maximum Gasteiger partial charge on any atom is 0.145 e. The van der Waals surface area contributed by atoms with E-state index in [0.717, 1.165) is 17.0 Å². The summed E-state index contributed by atoms with van der Waals surface area (Å²) in [5.74, 6) is 1.74. The molecule has 5 heteroatoms. The van der Waals surface area contributed by atoms with Crippen LogP contribution in [0.3, 0.4) is 0 Å². The Balaban J connectivity index is 2.19. The lowest BCUT2D eigenvalue weighted by Gasteiger charge is -2.29. The van der Waals surface area contributed by atoms with Gasteiger partial charge in [-0.2, -0.15) is 0 Å². The minimum atomic E-state index is -0.308. The molecule has 2 rings (SSSR count). The van der Waals surface area contributed by atoms with E-state index in [-0.39, 0.29) is 12.4 Å². The van der Waals surface area contributed by atoms with Crippen molar-refractivity contribution in [2.45, 2.75) is 27.7 Å². The molecule has 1 N–H and O–H groups in total. The van der Waals surface area contributed by atoms with Gasteiger partial charge in [-0.1, -0.05) is 19.9 Å². The van der Waals surface area contributed by atoms with Gasteiger partial charge < -0.3 is 14.4 Å². The minimum absolute atomic E-state index is 0.108. The summed E-state index contributed by atoms with van der Waals surface area (Å²) in [6, 6.07) is 11.7. The third-order valence-corrected chi connectivity index (χ3v) is 3.85. The van der Waals surface area contributed by atoms with Crippen LogP contribution in [0.1, 0.15) is 26.3 Å². The molecule has 0 radical (unpaired) electrons. The summed E-state index contributed by atoms with van der Waals surface area (Å²) in [7, 11) is 0. The van der Waals surface area contributed by atoms with Gasteiger partial charge in [-0.05, 0) is 55.7 Å². The largest absolute Gasteiger partial charge is 0.494 e. The molecule has 0 aliphatic heterocycles. The number of hydrogen-bond acceptors (Lipinski definition) is 3. The Kier molecular flexibility index (Phi) is 7.01. The van der Waals surface area contributed by atoms with Crippen molar-refractivity contribution in [2.75, 3.05) is 24.7 Å². The summed E-state index contributed by atoms with van der Waals surface area (Å²) < 4.78 is 24.3. The molecular weight excluding hydrogens is 331 g/mol. The smallest absolute Gasteiger partial charge is 0.145 e. The van der Waals surface area contributed by atoms with Crippen LogP contribution in [0.4, 0.5) is 10.1 Å². The minimum Gasteiger partial charge on any atom is -0.494 e. The fourth-order valence-electron chi connectivity index (χ4n) is 2.62. The Hall–Kier alpha value is -2.56. The highest BCUT2D eigenvalue weighted by atomic mass is 19.1. The average Bonchev–Trinajstić information content (AvgIpc) is 2.61. The highest BCUT2D eigenvalue weighted by Gasteiger charge is 2.17. The number of aryl methyl sites for hydroxylation is 1. The number of amidine groups is 1. The summed E-state index contributed by atoms with van der Waals surface area (Å²) in [6.45, 7) is 9.60. The van der Waals surface area contributed by atoms with Crippen molar-refractivity contribution < 1.29 is 13.9 Å². The molecule has 4 nitrogen and oxygen atoms in total. The zero-order valence-electron chi connectivity index (χ0n) is 15.9. The van der Waals surface area contributed by atoms with E-state index in [1.165, 1.54) is 12.1 Å². The van der Waals surface area contributed by atoms with Crippen molar-refractivity contribution in [3.63, 3.8) is 0 Å². The van der Waals surface area contributed by atoms with Crippen molar-refractivity contribution in [3.8, 4) is 11.5 Å². The normalized spacial score (nSPS) is 10.7. The zero-order valence-corrected chi connectivity index (χ0v) is 15.9. The van der Waals surface area contributed by atoms with E-state index in [1.807, 2.05) is 36.9 Å². The Morgan fingerprint density at radius 2 is 1.73 bits per heavy atom. The average molecular weight is 358 g/mol. The molecule has 0 aliphatic carbocycles. The van der Waals surface area contributed by atoms with Gasteiger partial charge in [-0.25, -0.2) is 4.39 Å². The Morgan fingerprint density at radius 3 is 2.35 bits per heavy atom. The lowest BCUT2D eigenvalue weighted by Crippen LogP contribution is -2.37. The summed E-state index contributed by atoms with van der Waals surface area (Å²) in [4.78, 5) is 1.95. The summed E-state index contributed by atoms with van der Waals surface area (Å²) in [5.41, 5.74) is 2.01. The zero-order chi connectivity index (χ0) is 19.1. The fourth-order valence-corrected chi connectivity index (χ4v) is 2.62. The molecule has 0 saturated carbocycles. The first-order valence-electron chi connectivity index (χ1n) is 8.87. The second-order valence-corrected chi connectivity index (χ2v) is 6.58. The van der Waals surface area contributed by atoms with Crippen molar-refractivity contribution in [1.29, 1.82) is 5.41 Å².